The van der Waals surface area contributed by atoms with Gasteiger partial charge < -0.3 is 5.32 Å². The molecule has 20 heavy (non-hydrogen) atoms. The molecule has 0 aliphatic rings. The van der Waals surface area contributed by atoms with Gasteiger partial charge in [0.15, 0.2) is 0 Å². The SMILES string of the molecule is CNc1ccc(S(=O)(=O)Nc2ccc(SC)cc2)cc1. The van der Waals surface area contributed by atoms with Crippen LogP contribution in [0.1, 0.15) is 0 Å². The average molecular weight is 308 g/mol. The highest BCUT2D eigenvalue weighted by molar-refractivity contribution is 7.98. The van der Waals surface area contributed by atoms with Gasteiger partial charge in [-0.1, -0.05) is 0 Å². The highest BCUT2D eigenvalue weighted by atomic mass is 32.2. The number of nitrogens with one attached hydrogen (secondary N) is 2. The van der Waals surface area contributed by atoms with Gasteiger partial charge in [-0.15, -0.1) is 11.8 Å². The first-order chi connectivity index (χ1) is 9.55. The molecule has 2 N–H and O–H groups in total. The summed E-state index contributed by atoms with van der Waals surface area (Å²) < 4.78 is 27.0. The Morgan fingerprint density at radius 2 is 1.45 bits per heavy atom. The van der Waals surface area contributed by atoms with Crippen LogP contribution in [0.5, 0.6) is 0 Å². The van der Waals surface area contributed by atoms with E-state index in [1.807, 2.05) is 18.4 Å². The number of hydrogen-bond acceptors (Lipinski definition) is 4. The first-order valence-electron chi connectivity index (χ1n) is 6.00. The van der Waals surface area contributed by atoms with Crippen LogP contribution in [-0.2, 0) is 10.0 Å². The molecule has 2 aromatic rings. The minimum Gasteiger partial charge on any atom is -0.388 e. The van der Waals surface area contributed by atoms with E-state index in [-0.39, 0.29) is 4.90 Å². The predicted molar refractivity (Wildman–Crippen MR) is 85.0 cm³/mol. The second kappa shape index (κ2) is 6.19. The molecule has 0 spiro atoms. The quantitative estimate of drug-likeness (QED) is 0.833. The Hall–Kier alpha value is -1.66. The van der Waals surface area contributed by atoms with Crippen LogP contribution in [0, 0.1) is 0 Å². The molecule has 0 aromatic heterocycles. The fraction of sp³-hybridized carbons (Fsp3) is 0.143. The van der Waals surface area contributed by atoms with Gasteiger partial charge >= 0.3 is 0 Å². The highest BCUT2D eigenvalue weighted by Gasteiger charge is 2.13. The number of sulfonamides is 1. The third-order valence-electron chi connectivity index (χ3n) is 2.80. The van der Waals surface area contributed by atoms with Gasteiger partial charge in [-0.05, 0) is 54.8 Å². The van der Waals surface area contributed by atoms with Crippen LogP contribution in [-0.4, -0.2) is 21.7 Å². The summed E-state index contributed by atoms with van der Waals surface area (Å²) in [5.41, 5.74) is 1.42. The lowest BCUT2D eigenvalue weighted by Crippen LogP contribution is -2.12. The highest BCUT2D eigenvalue weighted by Crippen LogP contribution is 2.21. The minimum absolute atomic E-state index is 0.241. The smallest absolute Gasteiger partial charge is 0.261 e. The largest absolute Gasteiger partial charge is 0.388 e. The van der Waals surface area contributed by atoms with Gasteiger partial charge in [0.1, 0.15) is 0 Å². The summed E-state index contributed by atoms with van der Waals surface area (Å²) in [4.78, 5) is 1.33. The van der Waals surface area contributed by atoms with Gasteiger partial charge in [-0.3, -0.25) is 4.72 Å². The number of benzene rings is 2. The molecule has 0 atom stereocenters. The molecule has 4 nitrogen and oxygen atoms in total. The van der Waals surface area contributed by atoms with Crippen molar-refractivity contribution in [2.24, 2.45) is 0 Å². The summed E-state index contributed by atoms with van der Waals surface area (Å²) in [5, 5.41) is 2.95. The molecule has 0 saturated heterocycles. The second-order valence-corrected chi connectivity index (χ2v) is 6.67. The van der Waals surface area contributed by atoms with Crippen molar-refractivity contribution in [1.29, 1.82) is 0 Å². The molecule has 6 heteroatoms. The summed E-state index contributed by atoms with van der Waals surface area (Å²) in [7, 11) is -1.76. The van der Waals surface area contributed by atoms with E-state index in [0.29, 0.717) is 5.69 Å². The Balaban J connectivity index is 2.20. The van der Waals surface area contributed by atoms with E-state index in [1.54, 1.807) is 55.2 Å². The van der Waals surface area contributed by atoms with Crippen molar-refractivity contribution >= 4 is 33.2 Å². The molecule has 0 amide bonds. The number of thioether (sulfide) groups is 1. The monoisotopic (exact) mass is 308 g/mol. The van der Waals surface area contributed by atoms with Gasteiger partial charge in [-0.25, -0.2) is 8.42 Å². The van der Waals surface area contributed by atoms with Crippen LogP contribution < -0.4 is 10.0 Å². The van der Waals surface area contributed by atoms with Crippen LogP contribution in [0.4, 0.5) is 11.4 Å². The number of hydrogen-bond donors (Lipinski definition) is 2. The maximum atomic E-state index is 12.2. The molecule has 2 aromatic carbocycles. The fourth-order valence-electron chi connectivity index (χ4n) is 1.67. The van der Waals surface area contributed by atoms with Crippen molar-refractivity contribution in [2.75, 3.05) is 23.3 Å². The molecule has 0 aliphatic heterocycles. The Morgan fingerprint density at radius 1 is 0.900 bits per heavy atom. The standard InChI is InChI=1S/C14H16N2O2S2/c1-15-11-5-9-14(10-6-11)20(17,18)16-12-3-7-13(19-2)8-4-12/h3-10,15-16H,1-2H3. The maximum absolute atomic E-state index is 12.2. The van der Waals surface area contributed by atoms with Gasteiger partial charge in [0.25, 0.3) is 10.0 Å². The molecule has 0 bridgehead atoms. The second-order valence-electron chi connectivity index (χ2n) is 4.11. The van der Waals surface area contributed by atoms with Crippen molar-refractivity contribution in [3.63, 3.8) is 0 Å². The van der Waals surface area contributed by atoms with Gasteiger partial charge in [0.05, 0.1) is 4.90 Å². The number of rotatable bonds is 5. The van der Waals surface area contributed by atoms with Crippen molar-refractivity contribution in [3.05, 3.63) is 48.5 Å². The first-order valence-corrected chi connectivity index (χ1v) is 8.70. The Labute approximate surface area is 123 Å². The lowest BCUT2D eigenvalue weighted by Gasteiger charge is -2.09. The zero-order valence-corrected chi connectivity index (χ0v) is 12.9. The lowest BCUT2D eigenvalue weighted by molar-refractivity contribution is 0.601. The molecule has 0 radical (unpaired) electrons. The van der Waals surface area contributed by atoms with Gasteiger partial charge in [0.2, 0.25) is 0 Å². The molecule has 0 saturated carbocycles. The molecule has 0 unspecified atom stereocenters. The lowest BCUT2D eigenvalue weighted by atomic mass is 10.3. The Morgan fingerprint density at radius 3 is 1.95 bits per heavy atom. The van der Waals surface area contributed by atoms with E-state index in [4.69, 9.17) is 0 Å². The predicted octanol–water partition coefficient (Wildman–Crippen LogP) is 3.25. The normalized spacial score (nSPS) is 11.1. The van der Waals surface area contributed by atoms with E-state index in [1.165, 1.54) is 0 Å². The van der Waals surface area contributed by atoms with E-state index in [2.05, 4.69) is 10.0 Å². The third kappa shape index (κ3) is 3.46. The maximum Gasteiger partial charge on any atom is 0.261 e. The summed E-state index contributed by atoms with van der Waals surface area (Å²) in [5.74, 6) is 0. The van der Waals surface area contributed by atoms with E-state index >= 15 is 0 Å². The summed E-state index contributed by atoms with van der Waals surface area (Å²) >= 11 is 1.61. The van der Waals surface area contributed by atoms with Gasteiger partial charge in [-0.2, -0.15) is 0 Å². The molecule has 0 heterocycles. The molecule has 0 fully saturated rings. The average Bonchev–Trinajstić information content (AvgIpc) is 2.48. The fourth-order valence-corrected chi connectivity index (χ4v) is 3.14. The van der Waals surface area contributed by atoms with Crippen LogP contribution in [0.15, 0.2) is 58.3 Å². The van der Waals surface area contributed by atoms with Crippen LogP contribution in [0.2, 0.25) is 0 Å². The summed E-state index contributed by atoms with van der Waals surface area (Å²) in [6, 6.07) is 13.9. The van der Waals surface area contributed by atoms with E-state index < -0.39 is 10.0 Å². The summed E-state index contributed by atoms with van der Waals surface area (Å²) in [6.45, 7) is 0. The topological polar surface area (TPSA) is 58.2 Å². The summed E-state index contributed by atoms with van der Waals surface area (Å²) in [6.07, 6.45) is 1.97. The molecule has 2 rings (SSSR count). The van der Waals surface area contributed by atoms with Gasteiger partial charge in [0, 0.05) is 23.3 Å². The van der Waals surface area contributed by atoms with E-state index in [9.17, 15) is 8.42 Å². The van der Waals surface area contributed by atoms with Crippen molar-refractivity contribution < 1.29 is 8.42 Å². The van der Waals surface area contributed by atoms with Crippen molar-refractivity contribution in [3.8, 4) is 0 Å². The Bertz CT molecular complexity index is 665. The zero-order chi connectivity index (χ0) is 14.6. The molecule has 0 aliphatic carbocycles. The van der Waals surface area contributed by atoms with Crippen molar-refractivity contribution in [1.82, 2.24) is 0 Å². The zero-order valence-electron chi connectivity index (χ0n) is 11.3. The molecular weight excluding hydrogens is 292 g/mol. The molecule has 106 valence electrons. The Kier molecular flexibility index (Phi) is 4.57. The third-order valence-corrected chi connectivity index (χ3v) is 4.94. The minimum atomic E-state index is -3.54. The van der Waals surface area contributed by atoms with Crippen LogP contribution in [0.3, 0.4) is 0 Å². The van der Waals surface area contributed by atoms with Crippen LogP contribution >= 0.6 is 11.8 Å². The number of anilines is 2. The van der Waals surface area contributed by atoms with Crippen LogP contribution in [0.25, 0.3) is 0 Å². The van der Waals surface area contributed by atoms with E-state index in [0.717, 1.165) is 10.6 Å². The first kappa shape index (κ1) is 14.7. The van der Waals surface area contributed by atoms with Crippen molar-refractivity contribution in [2.45, 2.75) is 9.79 Å². The molecular formula is C14H16N2O2S2.